The fourth-order valence-corrected chi connectivity index (χ4v) is 3.49. The molecule has 0 aromatic rings. The Hall–Kier alpha value is 0.0969. The topological polar surface area (TPSA) is 38.7 Å². The van der Waals surface area contributed by atoms with Crippen molar-refractivity contribution in [1.82, 2.24) is 0 Å². The Morgan fingerprint density at radius 1 is 1.38 bits per heavy atom. The van der Waals surface area contributed by atoms with E-state index in [1.165, 1.54) is 0 Å². The zero-order valence-electron chi connectivity index (χ0n) is 11.4. The maximum atomic E-state index is 9.74. The molecule has 0 unspecified atom stereocenters. The Balaban J connectivity index is 2.89. The van der Waals surface area contributed by atoms with E-state index < -0.39 is 14.8 Å². The zero-order chi connectivity index (χ0) is 12.6. The van der Waals surface area contributed by atoms with E-state index in [0.717, 1.165) is 12.8 Å². The lowest BCUT2D eigenvalue weighted by molar-refractivity contribution is -0.303. The highest BCUT2D eigenvalue weighted by molar-refractivity contribution is 6.48. The average Bonchev–Trinajstić information content (AvgIpc) is 2.08. The van der Waals surface area contributed by atoms with Crippen molar-refractivity contribution in [2.45, 2.75) is 71.6 Å². The van der Waals surface area contributed by atoms with Crippen LogP contribution in [-0.4, -0.2) is 32.1 Å². The van der Waals surface area contributed by atoms with E-state index in [0.29, 0.717) is 0 Å². The van der Waals surface area contributed by atoms with Gasteiger partial charge in [-0.3, -0.25) is 0 Å². The molecule has 3 nitrogen and oxygen atoms in total. The summed E-state index contributed by atoms with van der Waals surface area (Å²) in [7, 11) is -1.16. The Bertz CT molecular complexity index is 237. The van der Waals surface area contributed by atoms with E-state index in [-0.39, 0.29) is 17.6 Å². The van der Waals surface area contributed by atoms with Gasteiger partial charge < -0.3 is 14.3 Å². The first-order chi connectivity index (χ1) is 7.18. The molecule has 0 aromatic carbocycles. The van der Waals surface area contributed by atoms with Gasteiger partial charge >= 0.3 is 0 Å². The first-order valence-corrected chi connectivity index (χ1v) is 9.00. The lowest BCUT2D eigenvalue weighted by Gasteiger charge is -2.50. The quantitative estimate of drug-likeness (QED) is 0.760. The second kappa shape index (κ2) is 4.76. The fraction of sp³-hybridized carbons (Fsp3) is 1.00. The molecule has 3 atom stereocenters. The number of ether oxygens (including phenoxy) is 1. The van der Waals surface area contributed by atoms with Crippen LogP contribution in [0.3, 0.4) is 0 Å². The molecule has 96 valence electrons. The van der Waals surface area contributed by atoms with Crippen LogP contribution in [0.1, 0.15) is 40.5 Å². The molecule has 0 bridgehead atoms. The average molecular weight is 246 g/mol. The maximum absolute atomic E-state index is 9.74. The van der Waals surface area contributed by atoms with Crippen molar-refractivity contribution in [3.05, 3.63) is 0 Å². The smallest absolute Gasteiger partial charge is 0.174 e. The molecule has 4 heteroatoms. The summed E-state index contributed by atoms with van der Waals surface area (Å²) in [6.07, 6.45) is 1.06. The maximum Gasteiger partial charge on any atom is 0.174 e. The van der Waals surface area contributed by atoms with Crippen molar-refractivity contribution in [3.8, 4) is 0 Å². The summed E-state index contributed by atoms with van der Waals surface area (Å²) in [4.78, 5) is 0. The number of aliphatic hydroxyl groups is 1. The monoisotopic (exact) mass is 246 g/mol. The van der Waals surface area contributed by atoms with Gasteiger partial charge in [-0.1, -0.05) is 20.8 Å². The van der Waals surface area contributed by atoms with Crippen LogP contribution in [0.4, 0.5) is 0 Å². The molecule has 1 fully saturated rings. The minimum absolute atomic E-state index is 0.0569. The zero-order valence-corrected chi connectivity index (χ0v) is 12.6. The van der Waals surface area contributed by atoms with Crippen molar-refractivity contribution < 1.29 is 14.3 Å². The fourth-order valence-electron chi connectivity index (χ4n) is 2.21. The molecule has 1 aliphatic rings. The number of hydrogen-bond acceptors (Lipinski definition) is 3. The summed E-state index contributed by atoms with van der Waals surface area (Å²) in [6.45, 7) is 12.7. The van der Waals surface area contributed by atoms with Crippen molar-refractivity contribution >= 4 is 9.04 Å². The van der Waals surface area contributed by atoms with Crippen molar-refractivity contribution in [3.63, 3.8) is 0 Å². The molecular weight excluding hydrogens is 220 g/mol. The highest BCUT2D eigenvalue weighted by Crippen LogP contribution is 2.43. The van der Waals surface area contributed by atoms with E-state index in [1.807, 2.05) is 6.92 Å². The number of rotatable bonds is 2. The van der Waals surface area contributed by atoms with Crippen LogP contribution in [0.2, 0.25) is 13.1 Å². The van der Waals surface area contributed by atoms with Gasteiger partial charge in [0.1, 0.15) is 0 Å². The summed E-state index contributed by atoms with van der Waals surface area (Å²) in [5, 5.41) is 9.74. The Morgan fingerprint density at radius 3 is 2.31 bits per heavy atom. The molecule has 16 heavy (non-hydrogen) atoms. The molecule has 0 amide bonds. The van der Waals surface area contributed by atoms with Gasteiger partial charge in [0.2, 0.25) is 0 Å². The highest BCUT2D eigenvalue weighted by Gasteiger charge is 2.49. The van der Waals surface area contributed by atoms with Crippen LogP contribution in [-0.2, 0) is 9.16 Å². The van der Waals surface area contributed by atoms with Gasteiger partial charge in [0, 0.05) is 11.8 Å². The van der Waals surface area contributed by atoms with Gasteiger partial charge in [-0.15, -0.1) is 0 Å². The predicted octanol–water partition coefficient (Wildman–Crippen LogP) is 2.29. The third kappa shape index (κ3) is 2.86. The highest BCUT2D eigenvalue weighted by atomic mass is 28.3. The molecular formula is C12H26O3Si. The van der Waals surface area contributed by atoms with Crippen molar-refractivity contribution in [1.29, 1.82) is 0 Å². The Labute approximate surface area is 101 Å². The number of hydrogen-bond donors (Lipinski definition) is 1. The number of aliphatic hydroxyl groups excluding tert-OH is 1. The van der Waals surface area contributed by atoms with Crippen LogP contribution in [0.5, 0.6) is 0 Å². The molecule has 0 saturated carbocycles. The van der Waals surface area contributed by atoms with Crippen LogP contribution < -0.4 is 0 Å². The second-order valence-corrected chi connectivity index (χ2v) is 8.43. The summed E-state index contributed by atoms with van der Waals surface area (Å²) in [5.74, 6) is -0.508. The molecule has 1 rings (SSSR count). The molecule has 0 aliphatic carbocycles. The van der Waals surface area contributed by atoms with Gasteiger partial charge in [0.15, 0.2) is 14.8 Å². The predicted molar refractivity (Wildman–Crippen MR) is 67.9 cm³/mol. The summed E-state index contributed by atoms with van der Waals surface area (Å²) >= 11 is 0. The molecule has 0 radical (unpaired) electrons. The minimum Gasteiger partial charge on any atom is -0.393 e. The first-order valence-electron chi connectivity index (χ1n) is 6.22. The largest absolute Gasteiger partial charge is 0.393 e. The summed E-state index contributed by atoms with van der Waals surface area (Å²) < 4.78 is 12.2. The van der Waals surface area contributed by atoms with E-state index in [9.17, 15) is 5.11 Å². The summed E-state index contributed by atoms with van der Waals surface area (Å²) in [6, 6.07) is 0. The van der Waals surface area contributed by atoms with Crippen LogP contribution in [0.25, 0.3) is 0 Å². The van der Waals surface area contributed by atoms with Gasteiger partial charge in [0.25, 0.3) is 0 Å². The normalized spacial score (nSPS) is 36.8. The van der Waals surface area contributed by atoms with Crippen molar-refractivity contribution in [2.75, 3.05) is 0 Å². The third-order valence-electron chi connectivity index (χ3n) is 3.26. The molecule has 1 N–H and O–H groups in total. The lowest BCUT2D eigenvalue weighted by atomic mass is 9.80. The third-order valence-corrected chi connectivity index (χ3v) is 4.11. The van der Waals surface area contributed by atoms with Crippen LogP contribution in [0.15, 0.2) is 0 Å². The van der Waals surface area contributed by atoms with E-state index in [2.05, 4.69) is 33.9 Å². The van der Waals surface area contributed by atoms with E-state index in [1.54, 1.807) is 0 Å². The van der Waals surface area contributed by atoms with Gasteiger partial charge in [-0.05, 0) is 26.4 Å². The standard InChI is InChI=1S/C12H26O3Si/c1-9-10(13)7-8-12(14-9,11(2,3)4)15-16(5)6/h9-10,13,16H,7-8H2,1-6H3/t9-,10+,12+/m0/s1. The lowest BCUT2D eigenvalue weighted by Crippen LogP contribution is -2.56. The molecule has 0 spiro atoms. The van der Waals surface area contributed by atoms with Gasteiger partial charge in [-0.2, -0.15) is 0 Å². The Morgan fingerprint density at radius 2 is 1.94 bits per heavy atom. The first kappa shape index (κ1) is 14.2. The van der Waals surface area contributed by atoms with Crippen LogP contribution in [0, 0.1) is 5.41 Å². The van der Waals surface area contributed by atoms with Gasteiger partial charge in [-0.25, -0.2) is 0 Å². The van der Waals surface area contributed by atoms with E-state index in [4.69, 9.17) is 9.16 Å². The minimum atomic E-state index is -1.16. The molecule has 0 aromatic heterocycles. The second-order valence-electron chi connectivity index (χ2n) is 6.10. The SMILES string of the molecule is C[C@@H]1O[C@](O[SiH](C)C)(C(C)(C)C)CC[C@H]1O. The molecule has 1 aliphatic heterocycles. The summed E-state index contributed by atoms with van der Waals surface area (Å²) in [5.41, 5.74) is -0.0569. The Kier molecular flexibility index (Phi) is 4.22. The molecule has 1 heterocycles. The van der Waals surface area contributed by atoms with Crippen molar-refractivity contribution in [2.24, 2.45) is 5.41 Å². The molecule has 1 saturated heterocycles. The van der Waals surface area contributed by atoms with E-state index >= 15 is 0 Å². The van der Waals surface area contributed by atoms with Crippen LogP contribution >= 0.6 is 0 Å². The van der Waals surface area contributed by atoms with Gasteiger partial charge in [0.05, 0.1) is 12.2 Å².